The molecule has 1 aromatic rings. The van der Waals surface area contributed by atoms with Crippen molar-refractivity contribution >= 4 is 12.0 Å². The van der Waals surface area contributed by atoms with Crippen LogP contribution < -0.4 is 20.1 Å². The van der Waals surface area contributed by atoms with Gasteiger partial charge in [0.15, 0.2) is 11.5 Å². The molecule has 1 aromatic carbocycles. The molecule has 26 heavy (non-hydrogen) atoms. The lowest BCUT2D eigenvalue weighted by atomic mass is 9.95. The molecule has 0 saturated heterocycles. The van der Waals surface area contributed by atoms with Crippen LogP contribution in [0.15, 0.2) is 29.5 Å². The highest BCUT2D eigenvalue weighted by Gasteiger charge is 2.32. The zero-order chi connectivity index (χ0) is 19.1. The van der Waals surface area contributed by atoms with Crippen molar-refractivity contribution in [1.82, 2.24) is 10.6 Å². The first kappa shape index (κ1) is 19.6. The number of hydrogen-bond acceptors (Lipinski definition) is 6. The maximum Gasteiger partial charge on any atom is 0.338 e. The topological polar surface area (TPSA) is 95.1 Å². The number of rotatable bonds is 8. The van der Waals surface area contributed by atoms with Gasteiger partial charge in [-0.15, -0.1) is 0 Å². The van der Waals surface area contributed by atoms with Gasteiger partial charge >= 0.3 is 12.0 Å². The summed E-state index contributed by atoms with van der Waals surface area (Å²) >= 11 is 0. The molecule has 0 spiro atoms. The molecule has 2 rings (SSSR count). The van der Waals surface area contributed by atoms with E-state index in [4.69, 9.17) is 18.9 Å². The largest absolute Gasteiger partial charge is 0.493 e. The van der Waals surface area contributed by atoms with Crippen LogP contribution in [0.25, 0.3) is 0 Å². The van der Waals surface area contributed by atoms with Gasteiger partial charge in [0.05, 0.1) is 32.4 Å². The number of esters is 1. The summed E-state index contributed by atoms with van der Waals surface area (Å²) in [4.78, 5) is 24.5. The van der Waals surface area contributed by atoms with Crippen LogP contribution in [-0.4, -0.2) is 46.0 Å². The first-order valence-electron chi connectivity index (χ1n) is 8.26. The van der Waals surface area contributed by atoms with Gasteiger partial charge < -0.3 is 29.6 Å². The number of methoxy groups -OCH3 is 2. The Morgan fingerprint density at radius 3 is 2.54 bits per heavy atom. The second-order valence-electron chi connectivity index (χ2n) is 5.52. The van der Waals surface area contributed by atoms with E-state index in [1.807, 2.05) is 6.92 Å². The predicted octanol–water partition coefficient (Wildman–Crippen LogP) is 1.91. The molecular formula is C18H24N2O6. The van der Waals surface area contributed by atoms with E-state index >= 15 is 0 Å². The number of allylic oxidation sites excluding steroid dienone is 1. The van der Waals surface area contributed by atoms with Gasteiger partial charge in [0.2, 0.25) is 0 Å². The van der Waals surface area contributed by atoms with Crippen LogP contribution in [-0.2, 0) is 14.3 Å². The van der Waals surface area contributed by atoms with Gasteiger partial charge in [-0.3, -0.25) is 0 Å². The van der Waals surface area contributed by atoms with Crippen LogP contribution in [0.4, 0.5) is 4.79 Å². The monoisotopic (exact) mass is 364 g/mol. The van der Waals surface area contributed by atoms with Crippen LogP contribution >= 0.6 is 0 Å². The van der Waals surface area contributed by atoms with E-state index in [1.54, 1.807) is 25.1 Å². The third-order valence-corrected chi connectivity index (χ3v) is 3.89. The number of carbonyl (C=O) groups excluding carboxylic acids is 2. The van der Waals surface area contributed by atoms with Gasteiger partial charge in [-0.2, -0.15) is 0 Å². The molecule has 1 heterocycles. The molecule has 8 nitrogen and oxygen atoms in total. The van der Waals surface area contributed by atoms with E-state index in [1.165, 1.54) is 14.2 Å². The van der Waals surface area contributed by atoms with Crippen molar-refractivity contribution in [3.8, 4) is 11.5 Å². The van der Waals surface area contributed by atoms with Gasteiger partial charge in [0, 0.05) is 12.3 Å². The summed E-state index contributed by atoms with van der Waals surface area (Å²) in [7, 11) is 3.06. The molecule has 8 heteroatoms. The number of amides is 2. The number of urea groups is 1. The van der Waals surface area contributed by atoms with Gasteiger partial charge in [0.1, 0.15) is 6.61 Å². The summed E-state index contributed by atoms with van der Waals surface area (Å²) < 4.78 is 21.0. The lowest BCUT2D eigenvalue weighted by molar-refractivity contribution is -0.141. The van der Waals surface area contributed by atoms with E-state index in [-0.39, 0.29) is 6.61 Å². The maximum atomic E-state index is 12.6. The van der Waals surface area contributed by atoms with E-state index in [2.05, 4.69) is 10.6 Å². The predicted molar refractivity (Wildman–Crippen MR) is 94.1 cm³/mol. The summed E-state index contributed by atoms with van der Waals surface area (Å²) in [5.41, 5.74) is 1.44. The van der Waals surface area contributed by atoms with Crippen molar-refractivity contribution in [2.75, 3.05) is 34.0 Å². The molecule has 2 N–H and O–H groups in total. The highest BCUT2D eigenvalue weighted by atomic mass is 16.6. The lowest BCUT2D eigenvalue weighted by Gasteiger charge is -2.28. The molecule has 1 aliphatic heterocycles. The molecule has 0 aliphatic carbocycles. The van der Waals surface area contributed by atoms with Crippen LogP contribution in [0.5, 0.6) is 11.5 Å². The third-order valence-electron chi connectivity index (χ3n) is 3.89. The van der Waals surface area contributed by atoms with E-state index in [9.17, 15) is 9.59 Å². The molecule has 1 aliphatic rings. The summed E-state index contributed by atoms with van der Waals surface area (Å²) in [6, 6.07) is 4.14. The highest BCUT2D eigenvalue weighted by molar-refractivity contribution is 5.95. The van der Waals surface area contributed by atoms with Crippen LogP contribution in [0.1, 0.15) is 25.5 Å². The summed E-state index contributed by atoms with van der Waals surface area (Å²) in [6.07, 6.45) is 0. The Balaban J connectivity index is 2.30. The van der Waals surface area contributed by atoms with Crippen molar-refractivity contribution in [1.29, 1.82) is 0 Å². The molecule has 0 aromatic heterocycles. The summed E-state index contributed by atoms with van der Waals surface area (Å²) in [5.74, 6) is 0.534. The molecule has 1 unspecified atom stereocenters. The molecule has 0 bridgehead atoms. The van der Waals surface area contributed by atoms with Crippen LogP contribution in [0.3, 0.4) is 0 Å². The molecule has 0 radical (unpaired) electrons. The van der Waals surface area contributed by atoms with Crippen molar-refractivity contribution in [2.24, 2.45) is 0 Å². The van der Waals surface area contributed by atoms with Gasteiger partial charge in [-0.25, -0.2) is 9.59 Å². The zero-order valence-corrected chi connectivity index (χ0v) is 15.4. The lowest BCUT2D eigenvalue weighted by Crippen LogP contribution is -2.45. The minimum Gasteiger partial charge on any atom is -0.493 e. The van der Waals surface area contributed by atoms with Gasteiger partial charge in [-0.05, 0) is 31.5 Å². The first-order chi connectivity index (χ1) is 12.5. The average Bonchev–Trinajstić information content (AvgIpc) is 2.63. The fourth-order valence-corrected chi connectivity index (χ4v) is 2.66. The highest BCUT2D eigenvalue weighted by Crippen LogP contribution is 2.34. The Labute approximate surface area is 152 Å². The molecule has 0 saturated carbocycles. The van der Waals surface area contributed by atoms with Crippen molar-refractivity contribution in [3.63, 3.8) is 0 Å². The van der Waals surface area contributed by atoms with Gasteiger partial charge in [0.25, 0.3) is 0 Å². The second-order valence-corrected chi connectivity index (χ2v) is 5.52. The Hall–Kier alpha value is -2.74. The van der Waals surface area contributed by atoms with E-state index < -0.39 is 18.0 Å². The quantitative estimate of drug-likeness (QED) is 0.540. The molecule has 2 amide bonds. The minimum atomic E-state index is -0.664. The minimum absolute atomic E-state index is 0.135. The first-order valence-corrected chi connectivity index (χ1v) is 8.26. The Bertz CT molecular complexity index is 701. The molecule has 1 atom stereocenters. The molecular weight excluding hydrogens is 340 g/mol. The zero-order valence-electron chi connectivity index (χ0n) is 15.4. The van der Waals surface area contributed by atoms with Crippen molar-refractivity contribution in [3.05, 3.63) is 35.0 Å². The maximum absolute atomic E-state index is 12.6. The number of nitrogens with one attached hydrogen (secondary N) is 2. The van der Waals surface area contributed by atoms with Crippen molar-refractivity contribution in [2.45, 2.75) is 19.9 Å². The van der Waals surface area contributed by atoms with Crippen LogP contribution in [0.2, 0.25) is 0 Å². The molecule has 0 fully saturated rings. The standard InChI is InChI=1S/C18H24N2O6/c1-5-25-8-9-26-17(21)15-11(2)19-18(22)20-16(15)12-6-7-13(23-3)14(10-12)24-4/h6-7,10,16H,5,8-9H2,1-4H3,(H2,19,20,22). The number of benzene rings is 1. The Morgan fingerprint density at radius 2 is 1.88 bits per heavy atom. The number of carbonyl (C=O) groups is 2. The number of ether oxygens (including phenoxy) is 4. The SMILES string of the molecule is CCOCCOC(=O)C1=C(C)NC(=O)NC1c1ccc(OC)c(OC)c1. The van der Waals surface area contributed by atoms with E-state index in [0.717, 1.165) is 0 Å². The smallest absolute Gasteiger partial charge is 0.338 e. The fourth-order valence-electron chi connectivity index (χ4n) is 2.66. The summed E-state index contributed by atoms with van der Waals surface area (Å²) in [5, 5.41) is 5.35. The third kappa shape index (κ3) is 4.45. The molecule has 142 valence electrons. The van der Waals surface area contributed by atoms with E-state index in [0.29, 0.717) is 41.5 Å². The van der Waals surface area contributed by atoms with Gasteiger partial charge in [-0.1, -0.05) is 6.07 Å². The fraction of sp³-hybridized carbons (Fsp3) is 0.444. The second kappa shape index (κ2) is 9.10. The van der Waals surface area contributed by atoms with Crippen molar-refractivity contribution < 1.29 is 28.5 Å². The van der Waals surface area contributed by atoms with Crippen LogP contribution in [0, 0.1) is 0 Å². The Morgan fingerprint density at radius 1 is 1.15 bits per heavy atom. The Kier molecular flexibility index (Phi) is 6.85. The normalized spacial score (nSPS) is 16.6. The number of hydrogen-bond donors (Lipinski definition) is 2. The average molecular weight is 364 g/mol. The summed E-state index contributed by atoms with van der Waals surface area (Å²) in [6.45, 7) is 4.52.